The number of fused-ring (bicyclic) bond motifs is 1. The summed E-state index contributed by atoms with van der Waals surface area (Å²) in [6, 6.07) is 9.66. The van der Waals surface area contributed by atoms with E-state index in [0.29, 0.717) is 18.8 Å². The summed E-state index contributed by atoms with van der Waals surface area (Å²) >= 11 is 6.03. The summed E-state index contributed by atoms with van der Waals surface area (Å²) in [6.07, 6.45) is 3.61. The molecule has 0 amide bonds. The number of carboxylic acid groups (broad SMARTS) is 1. The Morgan fingerprint density at radius 3 is 2.82 bits per heavy atom. The Morgan fingerprint density at radius 1 is 1.36 bits per heavy atom. The minimum absolute atomic E-state index is 0.0670. The number of carbonyl (C=O) groups is 1. The molecule has 174 valence electrons. The van der Waals surface area contributed by atoms with E-state index in [0.717, 1.165) is 36.1 Å². The van der Waals surface area contributed by atoms with Gasteiger partial charge in [0.2, 0.25) is 0 Å². The number of pyridine rings is 1. The van der Waals surface area contributed by atoms with Crippen LogP contribution in [0.2, 0.25) is 5.15 Å². The molecule has 0 bridgehead atoms. The van der Waals surface area contributed by atoms with Crippen LogP contribution in [0.25, 0.3) is 11.0 Å². The lowest BCUT2D eigenvalue weighted by atomic mass is 10.2. The summed E-state index contributed by atoms with van der Waals surface area (Å²) < 4.78 is 3.44. The van der Waals surface area contributed by atoms with E-state index in [1.54, 1.807) is 28.4 Å². The molecule has 0 unspecified atom stereocenters. The second-order valence-electron chi connectivity index (χ2n) is 7.58. The van der Waals surface area contributed by atoms with Crippen LogP contribution in [-0.4, -0.2) is 61.4 Å². The van der Waals surface area contributed by atoms with Gasteiger partial charge in [-0.05, 0) is 43.7 Å². The number of β-amino-alcohol motifs (C(OH)–C–C–N with tert-alkyl or cyclic N) is 1. The molecule has 1 aromatic carbocycles. The summed E-state index contributed by atoms with van der Waals surface area (Å²) in [5, 5.41) is 28.9. The molecule has 0 spiro atoms. The van der Waals surface area contributed by atoms with Crippen molar-refractivity contribution >= 4 is 40.5 Å². The first-order valence-corrected chi connectivity index (χ1v) is 10.8. The third-order valence-electron chi connectivity index (χ3n) is 5.72. The molecular formula is C22H25ClN6O4. The third kappa shape index (κ3) is 5.17. The smallest absolute Gasteiger partial charge is 0.328 e. The van der Waals surface area contributed by atoms with E-state index in [1.165, 1.54) is 0 Å². The van der Waals surface area contributed by atoms with Crippen molar-refractivity contribution < 1.29 is 15.0 Å². The molecule has 3 heterocycles. The molecule has 1 saturated heterocycles. The maximum atomic E-state index is 12.9. The van der Waals surface area contributed by atoms with Gasteiger partial charge < -0.3 is 15.5 Å². The highest BCUT2D eigenvalue weighted by atomic mass is 35.5. The normalized spacial score (nSPS) is 15.6. The predicted molar refractivity (Wildman–Crippen MR) is 125 cm³/mol. The van der Waals surface area contributed by atoms with E-state index < -0.39 is 0 Å². The first-order chi connectivity index (χ1) is 15.9. The number of aliphatic hydroxyl groups is 1. The van der Waals surface area contributed by atoms with Crippen molar-refractivity contribution in [1.82, 2.24) is 19.0 Å². The van der Waals surface area contributed by atoms with Gasteiger partial charge in [-0.3, -0.25) is 18.8 Å². The van der Waals surface area contributed by atoms with Crippen LogP contribution in [-0.2, 0) is 18.4 Å². The zero-order valence-electron chi connectivity index (χ0n) is 18.1. The van der Waals surface area contributed by atoms with Gasteiger partial charge in [0.1, 0.15) is 16.8 Å². The molecule has 2 aromatic heterocycles. The van der Waals surface area contributed by atoms with Crippen molar-refractivity contribution in [3.8, 4) is 6.07 Å². The Hall–Kier alpha value is -3.39. The monoisotopic (exact) mass is 472 g/mol. The van der Waals surface area contributed by atoms with Crippen LogP contribution in [0.1, 0.15) is 18.4 Å². The lowest BCUT2D eigenvalue weighted by molar-refractivity contribution is -0.122. The molecule has 0 aliphatic carbocycles. The number of nitriles is 1. The Morgan fingerprint density at radius 2 is 2.12 bits per heavy atom. The number of hydrogen-bond donors (Lipinski definition) is 3. The zero-order chi connectivity index (χ0) is 24.0. The zero-order valence-corrected chi connectivity index (χ0v) is 18.9. The van der Waals surface area contributed by atoms with E-state index in [4.69, 9.17) is 21.5 Å². The van der Waals surface area contributed by atoms with Crippen LogP contribution in [0.3, 0.4) is 0 Å². The molecule has 4 rings (SSSR count). The van der Waals surface area contributed by atoms with E-state index in [9.17, 15) is 15.2 Å². The summed E-state index contributed by atoms with van der Waals surface area (Å²) in [6.45, 7) is 2.00. The number of aliphatic hydroxyl groups excluding tert-OH is 1. The third-order valence-corrected chi connectivity index (χ3v) is 6.01. The lowest BCUT2D eigenvalue weighted by Crippen LogP contribution is -2.37. The number of aryl methyl sites for hydroxylation is 1. The number of anilines is 2. The number of likely N-dealkylation sites (tertiary alicyclic amines) is 1. The van der Waals surface area contributed by atoms with Crippen LogP contribution in [0.5, 0.6) is 0 Å². The average molecular weight is 473 g/mol. The largest absolute Gasteiger partial charge is 0.483 e. The van der Waals surface area contributed by atoms with Gasteiger partial charge in [0, 0.05) is 38.1 Å². The topological polar surface area (TPSA) is 136 Å². The quantitative estimate of drug-likeness (QED) is 0.366. The molecular weight excluding hydrogens is 448 g/mol. The maximum absolute atomic E-state index is 12.9. The highest BCUT2D eigenvalue weighted by Crippen LogP contribution is 2.27. The molecule has 10 nitrogen and oxygen atoms in total. The summed E-state index contributed by atoms with van der Waals surface area (Å²) in [7, 11) is 1.77. The molecule has 0 radical (unpaired) electrons. The fraction of sp³-hybridized carbons (Fsp3) is 0.364. The number of aromatic nitrogens is 3. The molecule has 3 aromatic rings. The molecule has 1 aliphatic heterocycles. The van der Waals surface area contributed by atoms with Gasteiger partial charge in [-0.25, -0.2) is 9.78 Å². The minimum atomic E-state index is -0.250. The second kappa shape index (κ2) is 11.0. The van der Waals surface area contributed by atoms with Crippen LogP contribution in [0.4, 0.5) is 11.4 Å². The van der Waals surface area contributed by atoms with Crippen molar-refractivity contribution in [2.75, 3.05) is 25.0 Å². The predicted octanol–water partition coefficient (Wildman–Crippen LogP) is 2.16. The molecule has 11 heteroatoms. The van der Waals surface area contributed by atoms with Crippen LogP contribution >= 0.6 is 11.6 Å². The number of nitrogens with one attached hydrogen (secondary N) is 1. The fourth-order valence-corrected chi connectivity index (χ4v) is 4.40. The molecule has 0 saturated carbocycles. The van der Waals surface area contributed by atoms with E-state index in [2.05, 4.69) is 21.3 Å². The first kappa shape index (κ1) is 24.3. The number of rotatable bonds is 6. The fourth-order valence-electron chi connectivity index (χ4n) is 4.20. The van der Waals surface area contributed by atoms with Crippen LogP contribution in [0, 0.1) is 11.3 Å². The molecule has 1 fully saturated rings. The number of benzene rings is 1. The minimum Gasteiger partial charge on any atom is -0.483 e. The van der Waals surface area contributed by atoms with Gasteiger partial charge in [0.15, 0.2) is 0 Å². The van der Waals surface area contributed by atoms with Crippen LogP contribution < -0.4 is 11.0 Å². The van der Waals surface area contributed by atoms with Crippen molar-refractivity contribution in [2.24, 2.45) is 7.05 Å². The number of nitrogens with zero attached hydrogens (tertiary/aromatic N) is 5. The van der Waals surface area contributed by atoms with Gasteiger partial charge in [-0.2, -0.15) is 5.26 Å². The van der Waals surface area contributed by atoms with E-state index in [1.807, 2.05) is 18.2 Å². The van der Waals surface area contributed by atoms with Gasteiger partial charge in [-0.1, -0.05) is 11.6 Å². The lowest BCUT2D eigenvalue weighted by Gasteiger charge is -2.23. The Kier molecular flexibility index (Phi) is 8.06. The van der Waals surface area contributed by atoms with Gasteiger partial charge in [0.05, 0.1) is 23.3 Å². The summed E-state index contributed by atoms with van der Waals surface area (Å²) in [5.74, 6) is 0. The Bertz CT molecular complexity index is 1230. The van der Waals surface area contributed by atoms with E-state index in [-0.39, 0.29) is 35.5 Å². The standard InChI is InChI=1S/C21H23ClN6O2.CH2O2/c1-26-18-5-4-14(25-17-6-7-24-20(22)16(17)12-23)11-19(18)28(21(26)30)13-15-3-2-8-27(15)9-10-29;2-1-3/h4-7,11,15,29H,2-3,8-10,13H2,1H3,(H,24,25);1H,(H,2,3)/t15-;/m0./s1. The average Bonchev–Trinajstić information content (AvgIpc) is 3.33. The van der Waals surface area contributed by atoms with Crippen molar-refractivity contribution in [3.05, 3.63) is 51.7 Å². The first-order valence-electron chi connectivity index (χ1n) is 10.4. The molecule has 1 atom stereocenters. The number of imidazole rings is 1. The van der Waals surface area contributed by atoms with Crippen molar-refractivity contribution in [2.45, 2.75) is 25.4 Å². The number of halogens is 1. The van der Waals surface area contributed by atoms with Crippen LogP contribution in [0.15, 0.2) is 35.3 Å². The van der Waals surface area contributed by atoms with Crippen molar-refractivity contribution in [1.29, 1.82) is 5.26 Å². The maximum Gasteiger partial charge on any atom is 0.328 e. The number of hydrogen-bond acceptors (Lipinski definition) is 7. The molecule has 3 N–H and O–H groups in total. The van der Waals surface area contributed by atoms with Gasteiger partial charge in [0.25, 0.3) is 6.47 Å². The Balaban J connectivity index is 0.000000968. The highest BCUT2D eigenvalue weighted by molar-refractivity contribution is 6.31. The Labute approximate surface area is 195 Å². The summed E-state index contributed by atoms with van der Waals surface area (Å²) in [5.41, 5.74) is 3.18. The summed E-state index contributed by atoms with van der Waals surface area (Å²) in [4.78, 5) is 27.5. The van der Waals surface area contributed by atoms with Gasteiger partial charge in [-0.15, -0.1) is 0 Å². The second-order valence-corrected chi connectivity index (χ2v) is 7.94. The molecule has 1 aliphatic rings. The SMILES string of the molecule is Cn1c(=O)n(C[C@@H]2CCCN2CCO)c2cc(Nc3ccnc(Cl)c3C#N)ccc21.O=CO. The van der Waals surface area contributed by atoms with Gasteiger partial charge >= 0.3 is 5.69 Å². The highest BCUT2D eigenvalue weighted by Gasteiger charge is 2.26. The molecule has 33 heavy (non-hydrogen) atoms. The van der Waals surface area contributed by atoms with E-state index >= 15 is 0 Å². The van der Waals surface area contributed by atoms with Crippen molar-refractivity contribution in [3.63, 3.8) is 0 Å².